The van der Waals surface area contributed by atoms with E-state index in [9.17, 15) is 24.9 Å². The number of aliphatic hydroxyl groups excluding tert-OH is 5. The third-order valence-corrected chi connectivity index (χ3v) is 4.30. The smallest absolute Gasteiger partial charge is 0.253 e. The van der Waals surface area contributed by atoms with Crippen LogP contribution in [0.5, 0.6) is 0 Å². The van der Waals surface area contributed by atoms with E-state index in [-0.39, 0.29) is 25.0 Å². The number of imide groups is 1. The van der Waals surface area contributed by atoms with E-state index in [0.29, 0.717) is 25.8 Å². The normalized spacial score (nSPS) is 17.0. The molecule has 0 aromatic carbocycles. The van der Waals surface area contributed by atoms with Crippen molar-refractivity contribution in [3.63, 3.8) is 0 Å². The monoisotopic (exact) mass is 451 g/mol. The third-order valence-electron chi connectivity index (χ3n) is 4.30. The van der Waals surface area contributed by atoms with Crippen molar-refractivity contribution in [2.45, 2.75) is 44.1 Å². The van der Waals surface area contributed by atoms with Gasteiger partial charge in [-0.1, -0.05) is 0 Å². The van der Waals surface area contributed by atoms with Gasteiger partial charge in [0.05, 0.1) is 39.6 Å². The van der Waals surface area contributed by atoms with Crippen LogP contribution in [0.3, 0.4) is 0 Å². The van der Waals surface area contributed by atoms with E-state index in [1.165, 1.54) is 17.1 Å². The van der Waals surface area contributed by atoms with Crippen LogP contribution in [-0.2, 0) is 28.5 Å². The summed E-state index contributed by atoms with van der Waals surface area (Å²) in [5.74, 6) is -0.631. The van der Waals surface area contributed by atoms with Gasteiger partial charge in [0.2, 0.25) is 0 Å². The van der Waals surface area contributed by atoms with Gasteiger partial charge >= 0.3 is 0 Å². The minimum atomic E-state index is -1.14. The molecule has 3 unspecified atom stereocenters. The number of hydrogen-bond acceptors (Lipinski definition) is 11. The van der Waals surface area contributed by atoms with E-state index in [0.717, 1.165) is 0 Å². The number of aliphatic hydroxyl groups is 5. The van der Waals surface area contributed by atoms with E-state index in [1.807, 2.05) is 0 Å². The second-order valence-electron chi connectivity index (χ2n) is 6.71. The molecule has 0 aliphatic carbocycles. The predicted octanol–water partition coefficient (Wildman–Crippen LogP) is -2.50. The van der Waals surface area contributed by atoms with E-state index in [2.05, 4.69) is 0 Å². The van der Waals surface area contributed by atoms with Gasteiger partial charge in [-0.2, -0.15) is 0 Å². The summed E-state index contributed by atoms with van der Waals surface area (Å²) in [6.07, 6.45) is 0.439. The highest BCUT2D eigenvalue weighted by Crippen LogP contribution is 2.09. The number of hydrogen-bond donors (Lipinski definition) is 5. The predicted molar refractivity (Wildman–Crippen MR) is 104 cm³/mol. The number of carbonyl (C=O) groups is 2. The molecule has 0 aromatic heterocycles. The third kappa shape index (κ3) is 10.6. The first kappa shape index (κ1) is 27.6. The van der Waals surface area contributed by atoms with Gasteiger partial charge in [-0.15, -0.1) is 0 Å². The molecule has 2 amide bonds. The van der Waals surface area contributed by atoms with Gasteiger partial charge in [0.15, 0.2) is 12.6 Å². The second kappa shape index (κ2) is 16.2. The maximum absolute atomic E-state index is 11.4. The number of rotatable bonds is 19. The highest BCUT2D eigenvalue weighted by molar-refractivity contribution is 6.12. The van der Waals surface area contributed by atoms with Crippen LogP contribution < -0.4 is 0 Å². The Hall–Kier alpha value is -1.48. The van der Waals surface area contributed by atoms with Crippen molar-refractivity contribution < 1.29 is 54.1 Å². The summed E-state index contributed by atoms with van der Waals surface area (Å²) in [7, 11) is 0. The van der Waals surface area contributed by atoms with Gasteiger partial charge in [-0.05, 0) is 19.3 Å². The van der Waals surface area contributed by atoms with Gasteiger partial charge in [-0.25, -0.2) is 0 Å². The number of carbonyl (C=O) groups excluding carboxylic acids is 2. The van der Waals surface area contributed by atoms with Crippen LogP contribution in [0, 0.1) is 0 Å². The zero-order valence-electron chi connectivity index (χ0n) is 17.4. The molecule has 180 valence electrons. The van der Waals surface area contributed by atoms with E-state index in [1.54, 1.807) is 0 Å². The van der Waals surface area contributed by atoms with Gasteiger partial charge in [0.1, 0.15) is 12.2 Å². The van der Waals surface area contributed by atoms with Crippen molar-refractivity contribution in [2.75, 3.05) is 52.8 Å². The summed E-state index contributed by atoms with van der Waals surface area (Å²) in [6, 6.07) is 0. The van der Waals surface area contributed by atoms with Crippen molar-refractivity contribution >= 4 is 11.8 Å². The van der Waals surface area contributed by atoms with Crippen LogP contribution >= 0.6 is 0 Å². The Kier molecular flexibility index (Phi) is 14.4. The Bertz CT molecular complexity index is 523. The van der Waals surface area contributed by atoms with Crippen LogP contribution in [0.4, 0.5) is 0 Å². The Morgan fingerprint density at radius 3 is 1.81 bits per heavy atom. The Morgan fingerprint density at radius 1 is 0.710 bits per heavy atom. The average Bonchev–Trinajstić information content (AvgIpc) is 3.11. The molecule has 0 bridgehead atoms. The van der Waals surface area contributed by atoms with Crippen LogP contribution in [0.25, 0.3) is 0 Å². The first-order chi connectivity index (χ1) is 15.0. The fraction of sp³-hybridized carbons (Fsp3) is 0.789. The Morgan fingerprint density at radius 2 is 1.26 bits per heavy atom. The van der Waals surface area contributed by atoms with Crippen LogP contribution in [0.2, 0.25) is 0 Å². The molecule has 31 heavy (non-hydrogen) atoms. The van der Waals surface area contributed by atoms with Crippen molar-refractivity contribution in [3.8, 4) is 0 Å². The first-order valence-electron chi connectivity index (χ1n) is 10.1. The molecule has 1 rings (SSSR count). The maximum atomic E-state index is 11.4. The average molecular weight is 451 g/mol. The topological polar surface area (TPSA) is 175 Å². The standard InChI is InChI=1S/C19H33NO11/c21-8-14(9-22)30-19(12-25)29-13-15(10-23)31-18(11-24)28-7-3-1-2-6-20-16(26)4-5-17(20)27/h4-5,14-15,18-19,21-25H,1-3,6-13H2. The van der Waals surface area contributed by atoms with Gasteiger partial charge in [0.25, 0.3) is 11.8 Å². The number of ether oxygens (including phenoxy) is 4. The second-order valence-corrected chi connectivity index (χ2v) is 6.71. The lowest BCUT2D eigenvalue weighted by Crippen LogP contribution is -2.37. The molecule has 1 aliphatic heterocycles. The largest absolute Gasteiger partial charge is 0.394 e. The number of amides is 2. The molecular weight excluding hydrogens is 418 g/mol. The molecule has 1 heterocycles. The minimum absolute atomic E-state index is 0.197. The summed E-state index contributed by atoms with van der Waals surface area (Å²) < 4.78 is 21.3. The van der Waals surface area contributed by atoms with Gasteiger partial charge in [0, 0.05) is 25.3 Å². The summed E-state index contributed by atoms with van der Waals surface area (Å²) >= 11 is 0. The van der Waals surface area contributed by atoms with E-state index < -0.39 is 57.8 Å². The highest BCUT2D eigenvalue weighted by atomic mass is 16.7. The SMILES string of the molecule is O=C1C=CC(=O)N1CCCCCOC(CO)OC(CO)COC(CO)OC(CO)CO. The molecule has 0 saturated heterocycles. The molecule has 0 fully saturated rings. The summed E-state index contributed by atoms with van der Waals surface area (Å²) in [6.45, 7) is -1.99. The van der Waals surface area contributed by atoms with Crippen LogP contribution in [0.15, 0.2) is 12.2 Å². The van der Waals surface area contributed by atoms with Crippen molar-refractivity contribution in [3.05, 3.63) is 12.2 Å². The zero-order valence-corrected chi connectivity index (χ0v) is 17.4. The van der Waals surface area contributed by atoms with Crippen molar-refractivity contribution in [2.24, 2.45) is 0 Å². The first-order valence-corrected chi connectivity index (χ1v) is 10.1. The lowest BCUT2D eigenvalue weighted by atomic mass is 10.2. The lowest BCUT2D eigenvalue weighted by molar-refractivity contribution is -0.240. The number of nitrogens with zero attached hydrogens (tertiary/aromatic N) is 1. The van der Waals surface area contributed by atoms with Crippen LogP contribution in [-0.4, -0.2) is 120 Å². The number of unbranched alkanes of at least 4 members (excludes halogenated alkanes) is 2. The molecule has 1 aliphatic rings. The van der Waals surface area contributed by atoms with Crippen molar-refractivity contribution in [1.82, 2.24) is 4.90 Å². The molecule has 0 saturated carbocycles. The molecule has 0 radical (unpaired) electrons. The molecule has 12 nitrogen and oxygen atoms in total. The van der Waals surface area contributed by atoms with Crippen molar-refractivity contribution in [1.29, 1.82) is 0 Å². The fourth-order valence-corrected chi connectivity index (χ4v) is 2.61. The molecule has 3 atom stereocenters. The molecule has 0 aromatic rings. The van der Waals surface area contributed by atoms with E-state index >= 15 is 0 Å². The van der Waals surface area contributed by atoms with Crippen LogP contribution in [0.1, 0.15) is 19.3 Å². The summed E-state index contributed by atoms with van der Waals surface area (Å²) in [4.78, 5) is 24.0. The summed E-state index contributed by atoms with van der Waals surface area (Å²) in [5, 5.41) is 46.1. The molecule has 5 N–H and O–H groups in total. The Labute approximate surface area is 180 Å². The quantitative estimate of drug-likeness (QED) is 0.0797. The molecule has 12 heteroatoms. The fourth-order valence-electron chi connectivity index (χ4n) is 2.61. The highest BCUT2D eigenvalue weighted by Gasteiger charge is 2.23. The summed E-state index contributed by atoms with van der Waals surface area (Å²) in [5.41, 5.74) is 0. The minimum Gasteiger partial charge on any atom is -0.394 e. The van der Waals surface area contributed by atoms with Gasteiger partial charge in [-0.3, -0.25) is 14.5 Å². The van der Waals surface area contributed by atoms with E-state index in [4.69, 9.17) is 29.2 Å². The zero-order chi connectivity index (χ0) is 23.1. The maximum Gasteiger partial charge on any atom is 0.253 e. The molecule has 0 spiro atoms. The van der Waals surface area contributed by atoms with Gasteiger partial charge < -0.3 is 44.5 Å². The lowest BCUT2D eigenvalue weighted by Gasteiger charge is -2.25. The Balaban J connectivity index is 2.24. The molecular formula is C19H33NO11.